The van der Waals surface area contributed by atoms with Crippen molar-refractivity contribution in [2.45, 2.75) is 25.9 Å². The van der Waals surface area contributed by atoms with Crippen LogP contribution >= 0.6 is 0 Å². The van der Waals surface area contributed by atoms with Crippen molar-refractivity contribution in [3.05, 3.63) is 0 Å². The fraction of sp³-hybridized carbons (Fsp3) is 0.800. The molecule has 1 saturated heterocycles. The lowest BCUT2D eigenvalue weighted by molar-refractivity contribution is -0.155. The van der Waals surface area contributed by atoms with Gasteiger partial charge in [0.1, 0.15) is 0 Å². The van der Waals surface area contributed by atoms with Crippen molar-refractivity contribution in [3.8, 4) is 0 Å². The molecule has 0 radical (unpaired) electrons. The number of amides is 2. The van der Waals surface area contributed by atoms with Crippen LogP contribution < -0.4 is 0 Å². The van der Waals surface area contributed by atoms with Crippen LogP contribution in [0.4, 0.5) is 0 Å². The second kappa shape index (κ2) is 4.18. The van der Waals surface area contributed by atoms with Gasteiger partial charge in [0.25, 0.3) is 0 Å². The highest BCUT2D eigenvalue weighted by Gasteiger charge is 2.30. The van der Waals surface area contributed by atoms with Gasteiger partial charge >= 0.3 is 11.8 Å². The van der Waals surface area contributed by atoms with Crippen LogP contribution in [0.25, 0.3) is 0 Å². The molecule has 0 bridgehead atoms. The van der Waals surface area contributed by atoms with Crippen molar-refractivity contribution in [1.82, 2.24) is 9.80 Å². The van der Waals surface area contributed by atoms with Crippen LogP contribution in [0.15, 0.2) is 0 Å². The summed E-state index contributed by atoms with van der Waals surface area (Å²) in [6.07, 6.45) is 0.482. The zero-order valence-electron chi connectivity index (χ0n) is 9.49. The molecule has 0 saturated carbocycles. The molecule has 15 heavy (non-hydrogen) atoms. The van der Waals surface area contributed by atoms with Gasteiger partial charge < -0.3 is 14.9 Å². The lowest BCUT2D eigenvalue weighted by atomic mass is 10.1. The van der Waals surface area contributed by atoms with E-state index in [2.05, 4.69) is 0 Å². The van der Waals surface area contributed by atoms with Gasteiger partial charge in [-0.2, -0.15) is 0 Å². The molecule has 1 rings (SSSR count). The van der Waals surface area contributed by atoms with Gasteiger partial charge in [-0.1, -0.05) is 0 Å². The zero-order chi connectivity index (χ0) is 11.6. The summed E-state index contributed by atoms with van der Waals surface area (Å²) >= 11 is 0. The summed E-state index contributed by atoms with van der Waals surface area (Å²) in [6.45, 7) is 4.93. The van der Waals surface area contributed by atoms with Gasteiger partial charge in [-0.3, -0.25) is 9.59 Å². The molecule has 5 heteroatoms. The number of hydrogen-bond acceptors (Lipinski definition) is 3. The van der Waals surface area contributed by atoms with Crippen molar-refractivity contribution < 1.29 is 14.7 Å². The maximum atomic E-state index is 11.5. The van der Waals surface area contributed by atoms with Crippen molar-refractivity contribution in [1.29, 1.82) is 0 Å². The van der Waals surface area contributed by atoms with Crippen LogP contribution in [0, 0.1) is 0 Å². The SMILES string of the molecule is CN1CCN(CCC(C)(C)O)C(=O)C1=O. The van der Waals surface area contributed by atoms with Crippen LogP contribution in [0.3, 0.4) is 0 Å². The number of rotatable bonds is 3. The number of carbonyl (C=O) groups excluding carboxylic acids is 2. The molecule has 1 aliphatic heterocycles. The monoisotopic (exact) mass is 214 g/mol. The molecule has 5 nitrogen and oxygen atoms in total. The van der Waals surface area contributed by atoms with Crippen molar-refractivity contribution >= 4 is 11.8 Å². The third-order valence-electron chi connectivity index (χ3n) is 2.52. The molecule has 1 fully saturated rings. The van der Waals surface area contributed by atoms with Crippen molar-refractivity contribution in [2.24, 2.45) is 0 Å². The number of aliphatic hydroxyl groups is 1. The van der Waals surface area contributed by atoms with Gasteiger partial charge in [-0.15, -0.1) is 0 Å². The summed E-state index contributed by atoms with van der Waals surface area (Å²) in [5, 5.41) is 9.52. The molecule has 0 spiro atoms. The molecule has 0 unspecified atom stereocenters. The average Bonchev–Trinajstić information content (AvgIpc) is 2.12. The minimum atomic E-state index is -0.799. The average molecular weight is 214 g/mol. The van der Waals surface area contributed by atoms with Crippen LogP contribution in [-0.2, 0) is 9.59 Å². The first kappa shape index (κ1) is 12.0. The largest absolute Gasteiger partial charge is 0.390 e. The van der Waals surface area contributed by atoms with Gasteiger partial charge in [-0.25, -0.2) is 0 Å². The molecule has 1 heterocycles. The summed E-state index contributed by atoms with van der Waals surface area (Å²) in [7, 11) is 1.62. The quantitative estimate of drug-likeness (QED) is 0.641. The van der Waals surface area contributed by atoms with Gasteiger partial charge in [0.05, 0.1) is 5.60 Å². The normalized spacial score (nSPS) is 18.7. The third-order valence-corrected chi connectivity index (χ3v) is 2.52. The molecule has 1 aliphatic rings. The fourth-order valence-corrected chi connectivity index (χ4v) is 1.39. The molecule has 2 amide bonds. The molecular weight excluding hydrogens is 196 g/mol. The predicted molar refractivity (Wildman–Crippen MR) is 55.1 cm³/mol. The first-order valence-corrected chi connectivity index (χ1v) is 5.08. The summed E-state index contributed by atoms with van der Waals surface area (Å²) in [5.74, 6) is -0.926. The van der Waals surface area contributed by atoms with E-state index in [0.29, 0.717) is 26.1 Å². The Labute approximate surface area is 89.7 Å². The highest BCUT2D eigenvalue weighted by atomic mass is 16.3. The molecule has 0 atom stereocenters. The first-order valence-electron chi connectivity index (χ1n) is 5.08. The standard InChI is InChI=1S/C10H18N2O3/c1-10(2,15)4-5-12-7-6-11(3)8(13)9(12)14/h15H,4-7H2,1-3H3. The Hall–Kier alpha value is -1.10. The zero-order valence-corrected chi connectivity index (χ0v) is 9.49. The molecule has 0 aromatic rings. The summed E-state index contributed by atoms with van der Waals surface area (Å²) in [4.78, 5) is 25.8. The van der Waals surface area contributed by atoms with E-state index in [1.54, 1.807) is 20.9 Å². The Morgan fingerprint density at radius 2 is 1.87 bits per heavy atom. The van der Waals surface area contributed by atoms with E-state index < -0.39 is 17.4 Å². The Balaban J connectivity index is 2.50. The smallest absolute Gasteiger partial charge is 0.312 e. The van der Waals surface area contributed by atoms with Gasteiger partial charge in [0.15, 0.2) is 0 Å². The number of piperazine rings is 1. The van der Waals surface area contributed by atoms with E-state index in [-0.39, 0.29) is 0 Å². The molecule has 0 aromatic carbocycles. The minimum Gasteiger partial charge on any atom is -0.390 e. The fourth-order valence-electron chi connectivity index (χ4n) is 1.39. The lowest BCUT2D eigenvalue weighted by Crippen LogP contribution is -2.53. The second-order valence-electron chi connectivity index (χ2n) is 4.58. The van der Waals surface area contributed by atoms with Crippen LogP contribution in [0.5, 0.6) is 0 Å². The predicted octanol–water partition coefficient (Wildman–Crippen LogP) is -0.552. The van der Waals surface area contributed by atoms with E-state index >= 15 is 0 Å². The van der Waals surface area contributed by atoms with Crippen molar-refractivity contribution in [3.63, 3.8) is 0 Å². The Morgan fingerprint density at radius 1 is 1.27 bits per heavy atom. The number of nitrogens with zero attached hydrogens (tertiary/aromatic N) is 2. The van der Waals surface area contributed by atoms with Crippen LogP contribution in [0.1, 0.15) is 20.3 Å². The van der Waals surface area contributed by atoms with E-state index in [1.807, 2.05) is 0 Å². The number of carbonyl (C=O) groups is 2. The van der Waals surface area contributed by atoms with Crippen LogP contribution in [-0.4, -0.2) is 59.0 Å². The topological polar surface area (TPSA) is 60.9 Å². The summed E-state index contributed by atoms with van der Waals surface area (Å²) < 4.78 is 0. The maximum absolute atomic E-state index is 11.5. The van der Waals surface area contributed by atoms with Crippen molar-refractivity contribution in [2.75, 3.05) is 26.7 Å². The number of hydrogen-bond donors (Lipinski definition) is 1. The third kappa shape index (κ3) is 3.20. The van der Waals surface area contributed by atoms with Gasteiger partial charge in [0.2, 0.25) is 0 Å². The molecule has 1 N–H and O–H groups in total. The molecular formula is C10H18N2O3. The highest BCUT2D eigenvalue weighted by molar-refractivity contribution is 6.35. The highest BCUT2D eigenvalue weighted by Crippen LogP contribution is 2.10. The Morgan fingerprint density at radius 3 is 2.40 bits per heavy atom. The van der Waals surface area contributed by atoms with Gasteiger partial charge in [-0.05, 0) is 20.3 Å². The summed E-state index contributed by atoms with van der Waals surface area (Å²) in [6, 6.07) is 0. The molecule has 86 valence electrons. The number of likely N-dealkylation sites (N-methyl/N-ethyl adjacent to an activating group) is 1. The van der Waals surface area contributed by atoms with Gasteiger partial charge in [0, 0.05) is 26.7 Å². The summed E-state index contributed by atoms with van der Waals surface area (Å²) in [5.41, 5.74) is -0.799. The Kier molecular flexibility index (Phi) is 3.34. The maximum Gasteiger partial charge on any atom is 0.312 e. The van der Waals surface area contributed by atoms with E-state index in [0.717, 1.165) is 0 Å². The minimum absolute atomic E-state index is 0.432. The van der Waals surface area contributed by atoms with Crippen LogP contribution in [0.2, 0.25) is 0 Å². The molecule has 0 aromatic heterocycles. The second-order valence-corrected chi connectivity index (χ2v) is 4.58. The van der Waals surface area contributed by atoms with E-state index in [1.165, 1.54) is 9.80 Å². The Bertz CT molecular complexity index is 270. The van der Waals surface area contributed by atoms with E-state index in [4.69, 9.17) is 0 Å². The molecule has 0 aliphatic carbocycles. The van der Waals surface area contributed by atoms with E-state index in [9.17, 15) is 14.7 Å². The lowest BCUT2D eigenvalue weighted by Gasteiger charge is -2.32. The first-order chi connectivity index (χ1) is 6.81.